The van der Waals surface area contributed by atoms with E-state index in [4.69, 9.17) is 19.3 Å². The Morgan fingerprint density at radius 3 is 1.57 bits per heavy atom. The third-order valence-electron chi connectivity index (χ3n) is 10.0. The van der Waals surface area contributed by atoms with Crippen LogP contribution in [0, 0.1) is 20.2 Å². The van der Waals surface area contributed by atoms with Crippen LogP contribution in [0.15, 0.2) is 73.8 Å². The first-order chi connectivity index (χ1) is 32.2. The van der Waals surface area contributed by atoms with Gasteiger partial charge < -0.3 is 55.0 Å². The van der Waals surface area contributed by atoms with Crippen LogP contribution in [0.5, 0.6) is 0 Å². The number of ether oxygens (including phenoxy) is 2. The summed E-state index contributed by atoms with van der Waals surface area (Å²) in [5.74, 6) is 0.684. The van der Waals surface area contributed by atoms with Crippen LogP contribution in [0.3, 0.4) is 0 Å². The van der Waals surface area contributed by atoms with Crippen molar-refractivity contribution in [1.82, 2.24) is 39.0 Å². The molecule has 2 saturated heterocycles. The number of aliphatic hydroxyl groups excluding tert-OH is 3. The van der Waals surface area contributed by atoms with Crippen molar-refractivity contribution in [3.8, 4) is 0 Å². The van der Waals surface area contributed by atoms with E-state index in [2.05, 4.69) is 53.7 Å². The van der Waals surface area contributed by atoms with Gasteiger partial charge in [-0.1, -0.05) is 36.4 Å². The minimum atomic E-state index is -5.70. The highest BCUT2D eigenvalue weighted by atomic mass is 31.3. The molecule has 31 nitrogen and oxygen atoms in total. The molecule has 0 radical (unpaired) electrons. The summed E-state index contributed by atoms with van der Waals surface area (Å²) in [6.45, 7) is -0.869. The van der Waals surface area contributed by atoms with Gasteiger partial charge in [-0.3, -0.25) is 33.9 Å². The number of benzene rings is 2. The van der Waals surface area contributed by atoms with Gasteiger partial charge in [-0.2, -0.15) is 8.62 Å². The quantitative estimate of drug-likeness (QED) is 0.0339. The number of hydrogen-bond acceptors (Lipinski definition) is 23. The number of aromatic nitrogens is 8. The van der Waals surface area contributed by atoms with Gasteiger partial charge in [-0.05, 0) is 0 Å². The van der Waals surface area contributed by atoms with Crippen LogP contribution in [0.4, 0.5) is 23.0 Å². The second-order valence-corrected chi connectivity index (χ2v) is 18.9. The van der Waals surface area contributed by atoms with Crippen molar-refractivity contribution in [2.75, 3.05) is 23.8 Å². The van der Waals surface area contributed by atoms with Crippen molar-refractivity contribution >= 4 is 68.8 Å². The summed E-state index contributed by atoms with van der Waals surface area (Å²) in [5.41, 5.74) is 2.37. The molecule has 2 fully saturated rings. The zero-order valence-electron chi connectivity index (χ0n) is 34.5. The maximum atomic E-state index is 12.0. The molecule has 2 aromatic carbocycles. The Morgan fingerprint density at radius 2 is 1.13 bits per heavy atom. The zero-order chi connectivity index (χ0) is 49.0. The van der Waals surface area contributed by atoms with E-state index in [1.165, 1.54) is 42.0 Å². The Balaban J connectivity index is 0.000000214. The van der Waals surface area contributed by atoms with Gasteiger partial charge >= 0.3 is 23.5 Å². The van der Waals surface area contributed by atoms with E-state index < -0.39 is 76.8 Å². The van der Waals surface area contributed by atoms with Gasteiger partial charge in [0.2, 0.25) is 0 Å². The molecule has 364 valence electrons. The van der Waals surface area contributed by atoms with Gasteiger partial charge in [0.25, 0.3) is 11.4 Å². The molecule has 0 saturated carbocycles. The van der Waals surface area contributed by atoms with Crippen LogP contribution in [0.25, 0.3) is 22.3 Å². The van der Waals surface area contributed by atoms with Crippen LogP contribution < -0.4 is 10.6 Å². The van der Waals surface area contributed by atoms with Crippen molar-refractivity contribution in [2.45, 2.75) is 62.8 Å². The fraction of sp³-hybridized carbons (Fsp3) is 0.353. The first-order valence-electron chi connectivity index (χ1n) is 19.6. The third kappa shape index (κ3) is 12.1. The van der Waals surface area contributed by atoms with Crippen LogP contribution in [0.2, 0.25) is 0 Å². The largest absolute Gasteiger partial charge is 0.490 e. The molecule has 6 aromatic rings. The Kier molecular flexibility index (Phi) is 15.3. The fourth-order valence-electron chi connectivity index (χ4n) is 6.98. The smallest absolute Gasteiger partial charge is 0.394 e. The van der Waals surface area contributed by atoms with Crippen LogP contribution in [0.1, 0.15) is 36.4 Å². The summed E-state index contributed by atoms with van der Waals surface area (Å²) in [6, 6.07) is 12.6. The molecule has 0 aliphatic carbocycles. The second-order valence-electron chi connectivity index (χ2n) is 14.5. The number of hydrogen-bond donors (Lipinski definition) is 9. The average molecular weight is 1010 g/mol. The van der Waals surface area contributed by atoms with Gasteiger partial charge in [0.1, 0.15) is 37.3 Å². The number of rotatable bonds is 18. The number of phosphoric ester groups is 1. The van der Waals surface area contributed by atoms with Crippen molar-refractivity contribution in [1.29, 1.82) is 0 Å². The van der Waals surface area contributed by atoms with E-state index in [1.54, 1.807) is 41.0 Å². The number of aliphatic hydroxyl groups is 3. The molecule has 4 aromatic heterocycles. The molecular formula is C34H39N12O19P3. The minimum absolute atomic E-state index is 0.0224. The molecule has 2 aliphatic rings. The lowest BCUT2D eigenvalue weighted by atomic mass is 10.2. The maximum absolute atomic E-state index is 12.0. The van der Waals surface area contributed by atoms with E-state index in [0.717, 1.165) is 0 Å². The molecule has 8 atom stereocenters. The van der Waals surface area contributed by atoms with Gasteiger partial charge in [0.05, 0.1) is 47.9 Å². The summed E-state index contributed by atoms with van der Waals surface area (Å²) in [6.07, 6.45) is 0.298. The molecule has 0 bridgehead atoms. The number of fused-ring (bicyclic) bond motifs is 2. The lowest BCUT2D eigenvalue weighted by Crippen LogP contribution is -2.26. The second kappa shape index (κ2) is 20.8. The standard InChI is InChI=1S/C17H21N6O14P3.C17H18N6O5/c24-12-5-14(35-13(12)7-34-39(30,31)37-40(32,33)36-38(27,28)29)22-9-21-15-16(19-8-20-17(15)22)18-6-10-3-1-2-4-11(10)23(25)26;24-7-13-12(25)5-14(28-13)22-9-21-15-16(19-8-20-17(15)22)18-6-10-3-1-2-4-11(10)23(26)27/h1-4,8-9,12-14,24H,5-7H2,(H,30,31)(H,32,33)(H,18,19,20)(H2,27,28,29);1-4,8-9,12-14,24-25H,5-7H2,(H,18,19,20)/t2*12?,13-,14-/m11/s1. The third-order valence-corrected chi connectivity index (χ3v) is 13.8. The van der Waals surface area contributed by atoms with Crippen molar-refractivity contribution in [2.24, 2.45) is 0 Å². The number of anilines is 2. The minimum Gasteiger partial charge on any atom is -0.394 e. The molecule has 4 unspecified atom stereocenters. The predicted molar refractivity (Wildman–Crippen MR) is 227 cm³/mol. The van der Waals surface area contributed by atoms with Crippen molar-refractivity contribution in [3.05, 3.63) is 105 Å². The highest BCUT2D eigenvalue weighted by molar-refractivity contribution is 7.66. The molecule has 9 N–H and O–H groups in total. The normalized spacial score (nSPS) is 22.3. The molecule has 0 spiro atoms. The first-order valence-corrected chi connectivity index (χ1v) is 24.1. The maximum Gasteiger partial charge on any atom is 0.490 e. The highest BCUT2D eigenvalue weighted by Crippen LogP contribution is 2.66. The van der Waals surface area contributed by atoms with Crippen molar-refractivity contribution < 1.29 is 81.1 Å². The predicted octanol–water partition coefficient (Wildman–Crippen LogP) is 2.33. The molecule has 34 heteroatoms. The van der Waals surface area contributed by atoms with Gasteiger partial charge in [0, 0.05) is 49.2 Å². The molecule has 2 aliphatic heterocycles. The number of nitro groups is 2. The average Bonchev–Trinajstić information content (AvgIpc) is 4.08. The Labute approximate surface area is 380 Å². The van der Waals surface area contributed by atoms with Gasteiger partial charge in [-0.25, -0.2) is 43.6 Å². The molecule has 68 heavy (non-hydrogen) atoms. The highest BCUT2D eigenvalue weighted by Gasteiger charge is 2.43. The number of phosphoric acid groups is 3. The van der Waals surface area contributed by atoms with Crippen LogP contribution in [-0.2, 0) is 49.4 Å². The van der Waals surface area contributed by atoms with Crippen LogP contribution in [-0.4, -0.2) is 121 Å². The zero-order valence-corrected chi connectivity index (χ0v) is 37.2. The fourth-order valence-corrected chi connectivity index (χ4v) is 10.0. The topological polar surface area (TPSA) is 437 Å². The van der Waals surface area contributed by atoms with E-state index >= 15 is 0 Å². The summed E-state index contributed by atoms with van der Waals surface area (Å²) >= 11 is 0. The molecular weight excluding hydrogens is 973 g/mol. The lowest BCUT2D eigenvalue weighted by Gasteiger charge is -2.19. The number of nitro benzene ring substituents is 2. The Hall–Kier alpha value is -5.85. The summed E-state index contributed by atoms with van der Waals surface area (Å²) in [4.78, 5) is 82.8. The van der Waals surface area contributed by atoms with Gasteiger partial charge in [-0.15, -0.1) is 0 Å². The van der Waals surface area contributed by atoms with Gasteiger partial charge in [0.15, 0.2) is 34.0 Å². The van der Waals surface area contributed by atoms with E-state index in [9.17, 15) is 59.0 Å². The first kappa shape index (κ1) is 50.0. The lowest BCUT2D eigenvalue weighted by molar-refractivity contribution is -0.385. The Bertz CT molecular complexity index is 2940. The SMILES string of the molecule is O=[N+]([O-])c1ccccc1CNc1ncnc2c1ncn2[C@H]1CC(O)[C@@H](CO)O1.O=[N+]([O-])c1ccccc1CNc1ncnc2c1ncn2[C@H]1CC(O)[C@@H](COP(=O)(O)OP(=O)(O)OP(=O)(O)O)O1. The number of imidazole rings is 2. The Morgan fingerprint density at radius 1 is 0.676 bits per heavy atom. The number of nitrogens with one attached hydrogen (secondary N) is 2. The molecule has 6 heterocycles. The molecule has 0 amide bonds. The number of nitrogens with zero attached hydrogens (tertiary/aromatic N) is 10. The van der Waals surface area contributed by atoms with E-state index in [0.29, 0.717) is 34.5 Å². The monoisotopic (exact) mass is 1010 g/mol. The molecule has 8 rings (SSSR count). The summed E-state index contributed by atoms with van der Waals surface area (Å²) in [7, 11) is -16.7. The number of para-hydroxylation sites is 2. The van der Waals surface area contributed by atoms with E-state index in [1.807, 2.05) is 0 Å². The van der Waals surface area contributed by atoms with Crippen molar-refractivity contribution in [3.63, 3.8) is 0 Å². The van der Waals surface area contributed by atoms with Crippen LogP contribution >= 0.6 is 23.5 Å². The van der Waals surface area contributed by atoms with E-state index in [-0.39, 0.29) is 54.5 Å². The summed E-state index contributed by atoms with van der Waals surface area (Å²) in [5, 5.41) is 58.0. The summed E-state index contributed by atoms with van der Waals surface area (Å²) < 4.78 is 60.4.